The third-order valence-corrected chi connectivity index (χ3v) is 3.13. The van der Waals surface area contributed by atoms with Crippen molar-refractivity contribution in [2.24, 2.45) is 9.98 Å². The van der Waals surface area contributed by atoms with Crippen molar-refractivity contribution in [1.82, 2.24) is 0 Å². The van der Waals surface area contributed by atoms with Crippen LogP contribution in [0.4, 0.5) is 11.4 Å². The summed E-state index contributed by atoms with van der Waals surface area (Å²) in [6.07, 6.45) is 0. The highest BCUT2D eigenvalue weighted by molar-refractivity contribution is 6.03. The second-order valence-corrected chi connectivity index (χ2v) is 4.66. The van der Waals surface area contributed by atoms with Gasteiger partial charge in [-0.2, -0.15) is 9.98 Å². The first kappa shape index (κ1) is 14.8. The Bertz CT molecular complexity index is 891. The minimum Gasteiger partial charge on any atom is -0.460 e. The van der Waals surface area contributed by atoms with E-state index in [1.54, 1.807) is 13.0 Å². The van der Waals surface area contributed by atoms with Gasteiger partial charge in [-0.3, -0.25) is 0 Å². The molecule has 0 aliphatic heterocycles. The van der Waals surface area contributed by atoms with Gasteiger partial charge in [-0.1, -0.05) is 30.3 Å². The number of rotatable bonds is 4. The van der Waals surface area contributed by atoms with E-state index in [-0.39, 0.29) is 12.4 Å². The smallest absolute Gasteiger partial charge is 0.376 e. The zero-order valence-corrected chi connectivity index (χ0v) is 12.5. The van der Waals surface area contributed by atoms with Crippen LogP contribution in [0.15, 0.2) is 69.0 Å². The molecule has 0 saturated carbocycles. The maximum absolute atomic E-state index is 12.0. The van der Waals surface area contributed by atoms with Gasteiger partial charge in [0.25, 0.3) is 0 Å². The second-order valence-electron chi connectivity index (χ2n) is 4.66. The zero-order valence-electron chi connectivity index (χ0n) is 12.5. The van der Waals surface area contributed by atoms with Crippen LogP contribution >= 0.6 is 0 Å². The van der Waals surface area contributed by atoms with Crippen LogP contribution < -0.4 is 0 Å². The first-order chi connectivity index (χ1) is 11.3. The summed E-state index contributed by atoms with van der Waals surface area (Å²) in [5, 5.41) is 0.714. The summed E-state index contributed by atoms with van der Waals surface area (Å²) in [6.45, 7) is 2.00. The standard InChI is InChI=1S/C18H14N2O3/c1-2-22-18(21)17-16(14-10-6-7-11-15(14)23-17)20-12-19-13-8-4-3-5-9-13/h3-11H,2H2,1H3. The molecular weight excluding hydrogens is 292 g/mol. The minimum absolute atomic E-state index is 0.0591. The summed E-state index contributed by atoms with van der Waals surface area (Å²) < 4.78 is 10.6. The molecule has 0 aliphatic carbocycles. The predicted molar refractivity (Wildman–Crippen MR) is 87.8 cm³/mol. The molecule has 5 nitrogen and oxygen atoms in total. The SMILES string of the molecule is CCOC(=O)c1oc2ccccc2c1N=C=Nc1ccccc1. The fraction of sp³-hybridized carbons (Fsp3) is 0.111. The molecule has 0 radical (unpaired) electrons. The number of ether oxygens (including phenoxy) is 1. The lowest BCUT2D eigenvalue weighted by Crippen LogP contribution is -2.03. The lowest BCUT2D eigenvalue weighted by molar-refractivity contribution is 0.0494. The summed E-state index contributed by atoms with van der Waals surface area (Å²) in [7, 11) is 0. The van der Waals surface area contributed by atoms with Gasteiger partial charge in [-0.25, -0.2) is 4.79 Å². The molecule has 114 valence electrons. The molecule has 0 bridgehead atoms. The highest BCUT2D eigenvalue weighted by Gasteiger charge is 2.21. The number of carbonyl (C=O) groups excluding carboxylic acids is 1. The van der Waals surface area contributed by atoms with Gasteiger partial charge in [0.05, 0.1) is 12.3 Å². The molecule has 3 aromatic rings. The summed E-state index contributed by atoms with van der Waals surface area (Å²) >= 11 is 0. The normalized spacial score (nSPS) is 10.1. The van der Waals surface area contributed by atoms with E-state index in [0.29, 0.717) is 16.7 Å². The Balaban J connectivity index is 2.06. The van der Waals surface area contributed by atoms with E-state index in [1.807, 2.05) is 48.5 Å². The summed E-state index contributed by atoms with van der Waals surface area (Å²) in [5.74, 6) is -0.493. The van der Waals surface area contributed by atoms with Crippen molar-refractivity contribution in [3.8, 4) is 0 Å². The molecule has 0 fully saturated rings. The maximum atomic E-state index is 12.0. The molecule has 0 unspecified atom stereocenters. The molecule has 23 heavy (non-hydrogen) atoms. The van der Waals surface area contributed by atoms with Crippen LogP contribution in [0.2, 0.25) is 0 Å². The van der Waals surface area contributed by atoms with Crippen LogP contribution in [0.25, 0.3) is 11.0 Å². The molecule has 0 spiro atoms. The monoisotopic (exact) mass is 306 g/mol. The zero-order chi connectivity index (χ0) is 16.1. The topological polar surface area (TPSA) is 64.2 Å². The van der Waals surface area contributed by atoms with E-state index in [4.69, 9.17) is 9.15 Å². The number of para-hydroxylation sites is 2. The van der Waals surface area contributed by atoms with Gasteiger partial charge in [0, 0.05) is 5.39 Å². The first-order valence-corrected chi connectivity index (χ1v) is 7.19. The quantitative estimate of drug-likeness (QED) is 0.516. The van der Waals surface area contributed by atoms with Crippen molar-refractivity contribution in [1.29, 1.82) is 0 Å². The van der Waals surface area contributed by atoms with E-state index in [1.165, 1.54) is 0 Å². The first-order valence-electron chi connectivity index (χ1n) is 7.19. The van der Waals surface area contributed by atoms with Crippen molar-refractivity contribution >= 4 is 34.3 Å². The number of nitrogens with zero attached hydrogens (tertiary/aromatic N) is 2. The van der Waals surface area contributed by atoms with E-state index in [9.17, 15) is 4.79 Å². The fourth-order valence-electron chi connectivity index (χ4n) is 2.11. The Hall–Kier alpha value is -3.17. The van der Waals surface area contributed by atoms with Gasteiger partial charge in [-0.05, 0) is 31.2 Å². The van der Waals surface area contributed by atoms with Crippen molar-refractivity contribution < 1.29 is 13.9 Å². The number of aliphatic imine (C=N–C) groups is 2. The third kappa shape index (κ3) is 3.20. The molecule has 5 heteroatoms. The van der Waals surface area contributed by atoms with Crippen LogP contribution in [-0.2, 0) is 4.74 Å². The fourth-order valence-corrected chi connectivity index (χ4v) is 2.11. The Labute approximate surface area is 132 Å². The van der Waals surface area contributed by atoms with Crippen LogP contribution in [0.1, 0.15) is 17.5 Å². The van der Waals surface area contributed by atoms with Crippen molar-refractivity contribution in [3.63, 3.8) is 0 Å². The number of benzene rings is 2. The lowest BCUT2D eigenvalue weighted by Gasteiger charge is -1.97. The maximum Gasteiger partial charge on any atom is 0.376 e. The second kappa shape index (κ2) is 6.73. The average molecular weight is 306 g/mol. The molecule has 1 aromatic heterocycles. The summed E-state index contributed by atoms with van der Waals surface area (Å²) in [4.78, 5) is 20.3. The van der Waals surface area contributed by atoms with Gasteiger partial charge in [0.1, 0.15) is 17.3 Å². The molecule has 2 aromatic carbocycles. The molecular formula is C18H14N2O3. The lowest BCUT2D eigenvalue weighted by atomic mass is 10.2. The van der Waals surface area contributed by atoms with E-state index in [0.717, 1.165) is 5.69 Å². The summed E-state index contributed by atoms with van der Waals surface area (Å²) in [5.41, 5.74) is 1.66. The summed E-state index contributed by atoms with van der Waals surface area (Å²) in [6, 6.07) is 19.2. The molecule has 0 saturated heterocycles. The van der Waals surface area contributed by atoms with Crippen molar-refractivity contribution in [3.05, 3.63) is 60.4 Å². The highest BCUT2D eigenvalue weighted by atomic mass is 16.5. The number of esters is 1. The molecule has 0 N–H and O–H groups in total. The van der Waals surface area contributed by atoms with Gasteiger partial charge >= 0.3 is 5.97 Å². The van der Waals surface area contributed by atoms with Gasteiger partial charge in [0.15, 0.2) is 0 Å². The predicted octanol–water partition coefficient (Wildman–Crippen LogP) is 4.75. The van der Waals surface area contributed by atoms with Crippen LogP contribution in [0.5, 0.6) is 0 Å². The molecule has 0 aliphatic rings. The number of carbonyl (C=O) groups is 1. The van der Waals surface area contributed by atoms with E-state index >= 15 is 0 Å². The number of hydrogen-bond acceptors (Lipinski definition) is 5. The number of furan rings is 1. The average Bonchev–Trinajstić information content (AvgIpc) is 2.95. The van der Waals surface area contributed by atoms with Crippen LogP contribution in [-0.4, -0.2) is 18.6 Å². The Morgan fingerprint density at radius 1 is 1.09 bits per heavy atom. The van der Waals surface area contributed by atoms with Crippen molar-refractivity contribution in [2.75, 3.05) is 6.61 Å². The van der Waals surface area contributed by atoms with Crippen LogP contribution in [0.3, 0.4) is 0 Å². The van der Waals surface area contributed by atoms with Crippen LogP contribution in [0, 0.1) is 0 Å². The Morgan fingerprint density at radius 2 is 1.83 bits per heavy atom. The minimum atomic E-state index is -0.552. The van der Waals surface area contributed by atoms with Gasteiger partial charge in [0.2, 0.25) is 5.76 Å². The van der Waals surface area contributed by atoms with Gasteiger partial charge < -0.3 is 9.15 Å². The largest absolute Gasteiger partial charge is 0.460 e. The van der Waals surface area contributed by atoms with E-state index < -0.39 is 5.97 Å². The number of fused-ring (bicyclic) bond motifs is 1. The van der Waals surface area contributed by atoms with E-state index in [2.05, 4.69) is 16.0 Å². The third-order valence-electron chi connectivity index (χ3n) is 3.13. The molecule has 1 heterocycles. The Morgan fingerprint density at radius 3 is 2.61 bits per heavy atom. The Kier molecular flexibility index (Phi) is 4.32. The molecule has 0 amide bonds. The van der Waals surface area contributed by atoms with Crippen molar-refractivity contribution in [2.45, 2.75) is 6.92 Å². The number of hydrogen-bond donors (Lipinski definition) is 0. The van der Waals surface area contributed by atoms with Gasteiger partial charge in [-0.15, -0.1) is 0 Å². The molecule has 0 atom stereocenters. The molecule has 3 rings (SSSR count). The highest BCUT2D eigenvalue weighted by Crippen LogP contribution is 2.33.